The van der Waals surface area contributed by atoms with Gasteiger partial charge in [-0.3, -0.25) is 0 Å². The van der Waals surface area contributed by atoms with Gasteiger partial charge in [0.25, 0.3) is 0 Å². The quantitative estimate of drug-likeness (QED) is 0.626. The van der Waals surface area contributed by atoms with Crippen LogP contribution in [0, 0.1) is 34.5 Å². The molecule has 4 rings (SSSR count). The minimum absolute atomic E-state index is 0.0990. The van der Waals surface area contributed by atoms with Crippen molar-refractivity contribution >= 4 is 0 Å². The van der Waals surface area contributed by atoms with Crippen molar-refractivity contribution in [1.29, 1.82) is 0 Å². The van der Waals surface area contributed by atoms with Gasteiger partial charge in [0.1, 0.15) is 0 Å². The lowest BCUT2D eigenvalue weighted by Gasteiger charge is -2.61. The van der Waals surface area contributed by atoms with Gasteiger partial charge in [-0.2, -0.15) is 0 Å². The molecule has 1 heteroatoms. The third kappa shape index (κ3) is 2.16. The van der Waals surface area contributed by atoms with E-state index in [1.165, 1.54) is 38.5 Å². The first kappa shape index (κ1) is 16.9. The lowest BCUT2D eigenvalue weighted by molar-refractivity contribution is -0.0616. The zero-order valence-electron chi connectivity index (χ0n) is 16.1. The number of rotatable bonds is 2. The van der Waals surface area contributed by atoms with Crippen molar-refractivity contribution in [3.63, 3.8) is 0 Å². The average molecular weight is 329 g/mol. The summed E-state index contributed by atoms with van der Waals surface area (Å²) in [5.74, 6) is 3.25. The summed E-state index contributed by atoms with van der Waals surface area (Å²) >= 11 is 0. The van der Waals surface area contributed by atoms with Gasteiger partial charge in [0, 0.05) is 0 Å². The van der Waals surface area contributed by atoms with Crippen molar-refractivity contribution in [2.45, 2.75) is 85.2 Å². The molecular weight excluding hydrogens is 292 g/mol. The smallest absolute Gasteiger partial charge is 0.0580 e. The predicted molar refractivity (Wildman–Crippen MR) is 101 cm³/mol. The zero-order valence-corrected chi connectivity index (χ0v) is 16.1. The minimum Gasteiger partial charge on any atom is -0.393 e. The van der Waals surface area contributed by atoms with Gasteiger partial charge in [-0.1, -0.05) is 57.4 Å². The molecule has 1 unspecified atom stereocenters. The maximum Gasteiger partial charge on any atom is 0.0580 e. The molecule has 0 amide bonds. The Labute approximate surface area is 148 Å². The molecule has 1 N–H and O–H groups in total. The second-order valence-corrected chi connectivity index (χ2v) is 9.68. The average Bonchev–Trinajstić information content (AvgIpc) is 2.96. The highest BCUT2D eigenvalue weighted by atomic mass is 16.3. The van der Waals surface area contributed by atoms with Crippen molar-refractivity contribution in [2.24, 2.45) is 34.5 Å². The van der Waals surface area contributed by atoms with Crippen molar-refractivity contribution in [3.8, 4) is 0 Å². The van der Waals surface area contributed by atoms with Gasteiger partial charge in [0.05, 0.1) is 6.10 Å². The van der Waals surface area contributed by atoms with Gasteiger partial charge in [-0.15, -0.1) is 0 Å². The molecule has 4 aliphatic carbocycles. The molecule has 134 valence electrons. The molecule has 2 saturated carbocycles. The van der Waals surface area contributed by atoms with E-state index in [1.807, 2.05) is 0 Å². The summed E-state index contributed by atoms with van der Waals surface area (Å²) in [6.07, 6.45) is 14.7. The van der Waals surface area contributed by atoms with E-state index in [4.69, 9.17) is 0 Å². The predicted octanol–water partition coefficient (Wildman–Crippen LogP) is 5.89. The number of fused-ring (bicyclic) bond motifs is 5. The Morgan fingerprint density at radius 3 is 2.67 bits per heavy atom. The monoisotopic (exact) mass is 328 g/mol. The van der Waals surface area contributed by atoms with Crippen LogP contribution in [0.5, 0.6) is 0 Å². The third-order valence-electron chi connectivity index (χ3n) is 8.86. The summed E-state index contributed by atoms with van der Waals surface area (Å²) < 4.78 is 0. The van der Waals surface area contributed by atoms with Gasteiger partial charge in [-0.25, -0.2) is 0 Å². The van der Waals surface area contributed by atoms with Crippen molar-refractivity contribution < 1.29 is 5.11 Å². The van der Waals surface area contributed by atoms with Crippen LogP contribution in [0.25, 0.3) is 0 Å². The molecule has 0 radical (unpaired) electrons. The SMILES string of the molecule is CCC1=C2C[C@@H](O)CC(CC)[C@]2(C)[C@H]2CC[C@]3(C)C=CC[C@H]3[C@@H]2C1. The van der Waals surface area contributed by atoms with Crippen LogP contribution in [0.3, 0.4) is 0 Å². The van der Waals surface area contributed by atoms with E-state index in [0.29, 0.717) is 16.7 Å². The number of allylic oxidation sites excluding steroid dienone is 3. The Kier molecular flexibility index (Phi) is 4.03. The minimum atomic E-state index is -0.0990. The molecule has 0 aromatic heterocycles. The molecule has 7 atom stereocenters. The summed E-state index contributed by atoms with van der Waals surface area (Å²) in [7, 11) is 0. The first-order valence-corrected chi connectivity index (χ1v) is 10.5. The summed E-state index contributed by atoms with van der Waals surface area (Å²) in [6, 6.07) is 0. The van der Waals surface area contributed by atoms with Crippen LogP contribution in [0.15, 0.2) is 23.3 Å². The highest BCUT2D eigenvalue weighted by Crippen LogP contribution is 2.66. The fraction of sp³-hybridized carbons (Fsp3) is 0.826. The molecule has 2 fully saturated rings. The fourth-order valence-electron chi connectivity index (χ4n) is 7.57. The zero-order chi connectivity index (χ0) is 17.1. The number of hydrogen-bond donors (Lipinski definition) is 1. The summed E-state index contributed by atoms with van der Waals surface area (Å²) in [6.45, 7) is 9.82. The molecule has 0 heterocycles. The van der Waals surface area contributed by atoms with Gasteiger partial charge in [0.15, 0.2) is 0 Å². The topological polar surface area (TPSA) is 20.2 Å². The van der Waals surface area contributed by atoms with E-state index in [-0.39, 0.29) is 6.10 Å². The van der Waals surface area contributed by atoms with Gasteiger partial charge < -0.3 is 5.11 Å². The Hall–Kier alpha value is -0.560. The van der Waals surface area contributed by atoms with Crippen LogP contribution in [0.4, 0.5) is 0 Å². The standard InChI is InChI=1S/C23H36O/c1-5-15-12-18-19-8-7-10-22(19,3)11-9-20(18)23(4)16(6-2)13-17(24)14-21(15)23/h7,10,16-20,24H,5-6,8-9,11-14H2,1-4H3/t16?,17-,18-,19-,20-,22-,23+/m0/s1. The normalized spacial score (nSPS) is 50.5. The molecule has 24 heavy (non-hydrogen) atoms. The number of aliphatic hydroxyl groups excluding tert-OH is 1. The highest BCUT2D eigenvalue weighted by Gasteiger charge is 2.58. The van der Waals surface area contributed by atoms with Gasteiger partial charge in [0.2, 0.25) is 0 Å². The Morgan fingerprint density at radius 1 is 1.17 bits per heavy atom. The number of aliphatic hydroxyl groups is 1. The van der Waals surface area contributed by atoms with Crippen molar-refractivity contribution in [1.82, 2.24) is 0 Å². The van der Waals surface area contributed by atoms with E-state index in [1.54, 1.807) is 11.1 Å². The van der Waals surface area contributed by atoms with Crippen LogP contribution in [0.2, 0.25) is 0 Å². The van der Waals surface area contributed by atoms with Crippen LogP contribution in [-0.4, -0.2) is 11.2 Å². The lowest BCUT2D eigenvalue weighted by Crippen LogP contribution is -2.53. The lowest BCUT2D eigenvalue weighted by atomic mass is 9.44. The maximum atomic E-state index is 10.5. The Bertz CT molecular complexity index is 573. The summed E-state index contributed by atoms with van der Waals surface area (Å²) in [5, 5.41) is 10.5. The molecule has 0 aliphatic heterocycles. The first-order chi connectivity index (χ1) is 11.4. The van der Waals surface area contributed by atoms with E-state index in [2.05, 4.69) is 39.8 Å². The maximum absolute atomic E-state index is 10.5. The number of hydrogen-bond acceptors (Lipinski definition) is 1. The molecular formula is C23H36O. The summed E-state index contributed by atoms with van der Waals surface area (Å²) in [4.78, 5) is 0. The Balaban J connectivity index is 1.80. The largest absolute Gasteiger partial charge is 0.393 e. The van der Waals surface area contributed by atoms with Crippen LogP contribution in [-0.2, 0) is 0 Å². The van der Waals surface area contributed by atoms with Crippen LogP contribution < -0.4 is 0 Å². The van der Waals surface area contributed by atoms with Gasteiger partial charge in [-0.05, 0) is 79.4 Å². The van der Waals surface area contributed by atoms with E-state index >= 15 is 0 Å². The molecule has 0 saturated heterocycles. The third-order valence-corrected chi connectivity index (χ3v) is 8.86. The van der Waals surface area contributed by atoms with Crippen molar-refractivity contribution in [3.05, 3.63) is 23.3 Å². The fourth-order valence-corrected chi connectivity index (χ4v) is 7.57. The van der Waals surface area contributed by atoms with E-state index < -0.39 is 0 Å². The van der Waals surface area contributed by atoms with Gasteiger partial charge >= 0.3 is 0 Å². The van der Waals surface area contributed by atoms with Crippen molar-refractivity contribution in [2.75, 3.05) is 0 Å². The highest BCUT2D eigenvalue weighted by molar-refractivity contribution is 5.33. The Morgan fingerprint density at radius 2 is 1.96 bits per heavy atom. The molecule has 0 aromatic rings. The van der Waals surface area contributed by atoms with Crippen LogP contribution in [0.1, 0.15) is 79.1 Å². The second-order valence-electron chi connectivity index (χ2n) is 9.68. The molecule has 4 aliphatic rings. The molecule has 0 bridgehead atoms. The summed E-state index contributed by atoms with van der Waals surface area (Å²) in [5.41, 5.74) is 4.22. The first-order valence-electron chi connectivity index (χ1n) is 10.5. The van der Waals surface area contributed by atoms with Crippen LogP contribution >= 0.6 is 0 Å². The second kappa shape index (κ2) is 5.73. The van der Waals surface area contributed by atoms with E-state index in [9.17, 15) is 5.11 Å². The molecule has 1 nitrogen and oxygen atoms in total. The van der Waals surface area contributed by atoms with E-state index in [0.717, 1.165) is 30.6 Å². The molecule has 0 spiro atoms. The molecule has 0 aromatic carbocycles.